The molecule has 0 aromatic heterocycles. The van der Waals surface area contributed by atoms with Crippen molar-refractivity contribution in [2.75, 3.05) is 0 Å². The van der Waals surface area contributed by atoms with Crippen LogP contribution >= 0.6 is 15.9 Å². The first-order valence-electron chi connectivity index (χ1n) is 6.43. The molecule has 8 heteroatoms. The van der Waals surface area contributed by atoms with E-state index in [0.717, 1.165) is 0 Å². The third-order valence-electron chi connectivity index (χ3n) is 3.46. The van der Waals surface area contributed by atoms with Crippen molar-refractivity contribution in [2.24, 2.45) is 0 Å². The zero-order chi connectivity index (χ0) is 16.4. The summed E-state index contributed by atoms with van der Waals surface area (Å²) in [5, 5.41) is 2.07. The molecule has 0 aliphatic carbocycles. The number of carbonyl (C=O) groups is 4. The van der Waals surface area contributed by atoms with Crippen molar-refractivity contribution in [3.05, 3.63) is 33.5 Å². The van der Waals surface area contributed by atoms with Crippen LogP contribution in [-0.4, -0.2) is 35.1 Å². The predicted octanol–water partition coefficient (Wildman–Crippen LogP) is 1.30. The molecular weight excluding hydrogens is 359 g/mol. The zero-order valence-electron chi connectivity index (χ0n) is 11.6. The van der Waals surface area contributed by atoms with E-state index in [4.69, 9.17) is 0 Å². The highest BCUT2D eigenvalue weighted by Crippen LogP contribution is 2.23. The minimum Gasteiger partial charge on any atom is -0.295 e. The Morgan fingerprint density at radius 3 is 2.73 bits per heavy atom. The highest BCUT2D eigenvalue weighted by Gasteiger charge is 2.35. The minimum atomic E-state index is -1.08. The summed E-state index contributed by atoms with van der Waals surface area (Å²) in [7, 11) is 0. The average molecular weight is 371 g/mol. The van der Waals surface area contributed by atoms with E-state index in [1.165, 1.54) is 19.1 Å². The number of carbonyl (C=O) groups excluding carboxylic acids is 4. The molecule has 6 nitrogen and oxygen atoms in total. The van der Waals surface area contributed by atoms with E-state index in [2.05, 4.69) is 21.2 Å². The Labute approximate surface area is 133 Å². The lowest BCUT2D eigenvalue weighted by atomic mass is 10.0. The number of hydrogen-bond acceptors (Lipinski definition) is 4. The van der Waals surface area contributed by atoms with E-state index in [-0.39, 0.29) is 34.9 Å². The van der Waals surface area contributed by atoms with Crippen LogP contribution in [0.25, 0.3) is 0 Å². The van der Waals surface area contributed by atoms with Gasteiger partial charge in [0, 0.05) is 12.0 Å². The summed E-state index contributed by atoms with van der Waals surface area (Å²) >= 11 is 3.01. The largest absolute Gasteiger partial charge is 0.295 e. The van der Waals surface area contributed by atoms with Gasteiger partial charge in [0.25, 0.3) is 5.91 Å². The van der Waals surface area contributed by atoms with E-state index < -0.39 is 29.6 Å². The molecule has 1 aliphatic heterocycles. The fourth-order valence-corrected chi connectivity index (χ4v) is 2.66. The third kappa shape index (κ3) is 2.92. The molecule has 116 valence electrons. The summed E-state index contributed by atoms with van der Waals surface area (Å²) < 4.78 is 14.1. The maximum Gasteiger partial charge on any atom is 0.261 e. The van der Waals surface area contributed by atoms with Crippen LogP contribution in [0.15, 0.2) is 16.6 Å². The maximum absolute atomic E-state index is 13.9. The molecule has 1 aliphatic rings. The van der Waals surface area contributed by atoms with Crippen molar-refractivity contribution in [1.82, 2.24) is 10.2 Å². The maximum atomic E-state index is 13.9. The summed E-state index contributed by atoms with van der Waals surface area (Å²) in [5.41, 5.74) is 0.0519. The van der Waals surface area contributed by atoms with Crippen LogP contribution in [0, 0.1) is 12.7 Å². The van der Waals surface area contributed by atoms with Gasteiger partial charge in [0.15, 0.2) is 0 Å². The molecular formula is C14H12BrFN2O4. The number of nitrogens with zero attached hydrogens (tertiary/aromatic N) is 1. The van der Waals surface area contributed by atoms with Crippen molar-refractivity contribution in [2.45, 2.75) is 25.8 Å². The van der Waals surface area contributed by atoms with Crippen molar-refractivity contribution >= 4 is 40.1 Å². The summed E-state index contributed by atoms with van der Waals surface area (Å²) in [5.74, 6) is -2.56. The number of rotatable bonds is 3. The monoisotopic (exact) mass is 370 g/mol. The molecule has 0 spiro atoms. The molecule has 1 saturated heterocycles. The van der Waals surface area contributed by atoms with Crippen LogP contribution in [0.3, 0.4) is 0 Å². The van der Waals surface area contributed by atoms with E-state index in [1.54, 1.807) is 0 Å². The first-order chi connectivity index (χ1) is 10.4. The van der Waals surface area contributed by atoms with Gasteiger partial charge in [0.05, 0.1) is 4.47 Å². The topological polar surface area (TPSA) is 83.6 Å². The number of imide groups is 2. The van der Waals surface area contributed by atoms with Gasteiger partial charge >= 0.3 is 0 Å². The molecule has 4 amide bonds. The lowest BCUT2D eigenvalue weighted by Crippen LogP contribution is -2.53. The van der Waals surface area contributed by atoms with Crippen LogP contribution < -0.4 is 5.32 Å². The van der Waals surface area contributed by atoms with Gasteiger partial charge in [-0.25, -0.2) is 4.39 Å². The first-order valence-corrected chi connectivity index (χ1v) is 7.22. The number of nitrogens with one attached hydrogen (secondary N) is 1. The SMILES string of the molecule is Cc1c(C(=O)N(C=O)C2CCC(=O)NC2=O)ccc(Br)c1F. The van der Waals surface area contributed by atoms with Gasteiger partial charge in [0.2, 0.25) is 18.2 Å². The highest BCUT2D eigenvalue weighted by atomic mass is 79.9. The Kier molecular flexibility index (Phi) is 4.70. The van der Waals surface area contributed by atoms with Crippen LogP contribution in [-0.2, 0) is 14.4 Å². The van der Waals surface area contributed by atoms with Crippen LogP contribution in [0.4, 0.5) is 4.39 Å². The lowest BCUT2D eigenvalue weighted by Gasteiger charge is -2.28. The molecule has 1 aromatic rings. The third-order valence-corrected chi connectivity index (χ3v) is 4.08. The van der Waals surface area contributed by atoms with Gasteiger partial charge in [-0.05, 0) is 47.0 Å². The fourth-order valence-electron chi connectivity index (χ4n) is 2.23. The molecule has 1 atom stereocenters. The van der Waals surface area contributed by atoms with Crippen molar-refractivity contribution in [3.63, 3.8) is 0 Å². The van der Waals surface area contributed by atoms with Crippen LogP contribution in [0.1, 0.15) is 28.8 Å². The number of piperidine rings is 1. The highest BCUT2D eigenvalue weighted by molar-refractivity contribution is 9.10. The second kappa shape index (κ2) is 6.35. The van der Waals surface area contributed by atoms with Crippen molar-refractivity contribution in [3.8, 4) is 0 Å². The van der Waals surface area contributed by atoms with E-state index in [1.807, 2.05) is 0 Å². The Morgan fingerprint density at radius 1 is 1.45 bits per heavy atom. The molecule has 1 fully saturated rings. The van der Waals surface area contributed by atoms with Crippen molar-refractivity contribution in [1.29, 1.82) is 0 Å². The second-order valence-corrected chi connectivity index (χ2v) is 5.67. The fraction of sp³-hybridized carbons (Fsp3) is 0.286. The summed E-state index contributed by atoms with van der Waals surface area (Å²) in [6.45, 7) is 1.40. The molecule has 1 unspecified atom stereocenters. The Morgan fingerprint density at radius 2 is 2.14 bits per heavy atom. The zero-order valence-corrected chi connectivity index (χ0v) is 13.1. The average Bonchev–Trinajstić information content (AvgIpc) is 2.47. The van der Waals surface area contributed by atoms with Crippen molar-refractivity contribution < 1.29 is 23.6 Å². The van der Waals surface area contributed by atoms with Gasteiger partial charge in [-0.1, -0.05) is 0 Å². The first kappa shape index (κ1) is 16.3. The van der Waals surface area contributed by atoms with Crippen LogP contribution in [0.5, 0.6) is 0 Å². The Balaban J connectivity index is 2.34. The molecule has 1 heterocycles. The molecule has 0 radical (unpaired) electrons. The normalized spacial score (nSPS) is 17.9. The van der Waals surface area contributed by atoms with Gasteiger partial charge < -0.3 is 0 Å². The Hall–Kier alpha value is -2.09. The lowest BCUT2D eigenvalue weighted by molar-refractivity contribution is -0.139. The quantitative estimate of drug-likeness (QED) is 0.642. The van der Waals surface area contributed by atoms with Crippen LogP contribution in [0.2, 0.25) is 0 Å². The van der Waals surface area contributed by atoms with Gasteiger partial charge in [-0.15, -0.1) is 0 Å². The van der Waals surface area contributed by atoms with Gasteiger partial charge in [-0.3, -0.25) is 29.4 Å². The second-order valence-electron chi connectivity index (χ2n) is 4.82. The number of benzene rings is 1. The molecule has 0 bridgehead atoms. The smallest absolute Gasteiger partial charge is 0.261 e. The molecule has 1 N–H and O–H groups in total. The molecule has 1 aromatic carbocycles. The predicted molar refractivity (Wildman–Crippen MR) is 77.2 cm³/mol. The number of halogens is 2. The van der Waals surface area contributed by atoms with E-state index in [9.17, 15) is 23.6 Å². The molecule has 2 rings (SSSR count). The summed E-state index contributed by atoms with van der Waals surface area (Å²) in [6.07, 6.45) is 0.302. The summed E-state index contributed by atoms with van der Waals surface area (Å²) in [4.78, 5) is 47.3. The minimum absolute atomic E-state index is 0.0162. The van der Waals surface area contributed by atoms with Gasteiger partial charge in [-0.2, -0.15) is 0 Å². The number of hydrogen-bond donors (Lipinski definition) is 1. The van der Waals surface area contributed by atoms with E-state index in [0.29, 0.717) is 4.90 Å². The molecule has 0 saturated carbocycles. The number of amides is 4. The van der Waals surface area contributed by atoms with E-state index >= 15 is 0 Å². The molecule has 22 heavy (non-hydrogen) atoms. The standard InChI is InChI=1S/C14H12BrFN2O4/c1-7-8(2-3-9(15)12(7)16)14(22)18(6-19)10-4-5-11(20)17-13(10)21/h2-3,6,10H,4-5H2,1H3,(H,17,20,21). The Bertz CT molecular complexity index is 677. The summed E-state index contributed by atoms with van der Waals surface area (Å²) in [6, 6.07) is 1.64. The van der Waals surface area contributed by atoms with Gasteiger partial charge in [0.1, 0.15) is 11.9 Å².